The van der Waals surface area contributed by atoms with Crippen LogP contribution in [0.5, 0.6) is 0 Å². The van der Waals surface area contributed by atoms with E-state index in [-0.39, 0.29) is 11.7 Å². The Hall–Kier alpha value is -0.740. The first-order chi connectivity index (χ1) is 8.20. The molecule has 0 amide bonds. The molecule has 0 radical (unpaired) electrons. The van der Waals surface area contributed by atoms with Crippen molar-refractivity contribution < 1.29 is 9.18 Å². The Morgan fingerprint density at radius 3 is 3.12 bits per heavy atom. The highest BCUT2D eigenvalue weighted by molar-refractivity contribution is 9.10. The van der Waals surface area contributed by atoms with Crippen molar-refractivity contribution in [1.82, 2.24) is 4.90 Å². The largest absolute Gasteiger partial charge is 0.303 e. The molecule has 2 rings (SSSR count). The second kappa shape index (κ2) is 5.74. The zero-order chi connectivity index (χ0) is 12.3. The quantitative estimate of drug-likeness (QED) is 0.800. The average molecular weight is 300 g/mol. The van der Waals surface area contributed by atoms with E-state index in [1.807, 2.05) is 6.07 Å². The minimum absolute atomic E-state index is 0.135. The fourth-order valence-electron chi connectivity index (χ4n) is 2.26. The summed E-state index contributed by atoms with van der Waals surface area (Å²) in [6.07, 6.45) is 3.05. The van der Waals surface area contributed by atoms with E-state index in [4.69, 9.17) is 0 Å². The first-order valence-corrected chi connectivity index (χ1v) is 6.60. The van der Waals surface area contributed by atoms with Crippen LogP contribution in [0, 0.1) is 11.7 Å². The normalized spacial score (nSPS) is 21.4. The van der Waals surface area contributed by atoms with Crippen molar-refractivity contribution in [2.45, 2.75) is 19.4 Å². The van der Waals surface area contributed by atoms with Crippen molar-refractivity contribution in [3.05, 3.63) is 34.1 Å². The van der Waals surface area contributed by atoms with Gasteiger partial charge in [0, 0.05) is 19.0 Å². The Morgan fingerprint density at radius 2 is 2.35 bits per heavy atom. The van der Waals surface area contributed by atoms with Crippen LogP contribution in [0.2, 0.25) is 0 Å². The summed E-state index contributed by atoms with van der Waals surface area (Å²) in [6, 6.07) is 5.08. The minimum Gasteiger partial charge on any atom is -0.303 e. The number of hydrogen-bond donors (Lipinski definition) is 0. The molecule has 92 valence electrons. The first-order valence-electron chi connectivity index (χ1n) is 5.81. The van der Waals surface area contributed by atoms with Crippen LogP contribution in [0.15, 0.2) is 22.7 Å². The summed E-state index contributed by atoms with van der Waals surface area (Å²) in [5.41, 5.74) is 0.941. The number of piperidine rings is 1. The lowest BCUT2D eigenvalue weighted by molar-refractivity contribution is -0.112. The van der Waals surface area contributed by atoms with Crippen LogP contribution in [0.4, 0.5) is 4.39 Å². The van der Waals surface area contributed by atoms with Crippen LogP contribution in [0.3, 0.4) is 0 Å². The number of nitrogens with zero attached hydrogens (tertiary/aromatic N) is 1. The molecule has 0 N–H and O–H groups in total. The zero-order valence-electron chi connectivity index (χ0n) is 9.53. The van der Waals surface area contributed by atoms with Crippen LogP contribution in [-0.4, -0.2) is 24.3 Å². The zero-order valence-corrected chi connectivity index (χ0v) is 11.1. The molecule has 1 unspecified atom stereocenters. The molecular formula is C13H15BrFNO. The number of carbonyl (C=O) groups is 1. The van der Waals surface area contributed by atoms with Gasteiger partial charge in [-0.3, -0.25) is 4.90 Å². The topological polar surface area (TPSA) is 20.3 Å². The summed E-state index contributed by atoms with van der Waals surface area (Å²) in [6.45, 7) is 2.46. The summed E-state index contributed by atoms with van der Waals surface area (Å²) in [4.78, 5) is 13.0. The van der Waals surface area contributed by atoms with Crippen LogP contribution >= 0.6 is 15.9 Å². The van der Waals surface area contributed by atoms with E-state index >= 15 is 0 Å². The Labute approximate surface area is 109 Å². The summed E-state index contributed by atoms with van der Waals surface area (Å²) in [5.74, 6) is -0.0949. The van der Waals surface area contributed by atoms with Gasteiger partial charge in [0.25, 0.3) is 0 Å². The van der Waals surface area contributed by atoms with E-state index < -0.39 is 0 Å². The van der Waals surface area contributed by atoms with Crippen molar-refractivity contribution in [3.8, 4) is 0 Å². The SMILES string of the molecule is O=CC1CCCN(Cc2cccc(F)c2Br)C1. The summed E-state index contributed by atoms with van der Waals surface area (Å²) < 4.78 is 13.9. The lowest BCUT2D eigenvalue weighted by Gasteiger charge is -2.30. The van der Waals surface area contributed by atoms with Crippen molar-refractivity contribution >= 4 is 22.2 Å². The molecule has 4 heteroatoms. The molecule has 1 aliphatic rings. The molecule has 17 heavy (non-hydrogen) atoms. The highest BCUT2D eigenvalue weighted by atomic mass is 79.9. The number of aldehydes is 1. The molecule has 0 bridgehead atoms. The van der Waals surface area contributed by atoms with Gasteiger partial charge in [-0.05, 0) is 46.9 Å². The van der Waals surface area contributed by atoms with E-state index in [2.05, 4.69) is 20.8 Å². The van der Waals surface area contributed by atoms with Crippen molar-refractivity contribution in [1.29, 1.82) is 0 Å². The first kappa shape index (κ1) is 12.7. The predicted octanol–water partition coefficient (Wildman–Crippen LogP) is 3.00. The molecule has 2 nitrogen and oxygen atoms in total. The molecule has 1 heterocycles. The van der Waals surface area contributed by atoms with Gasteiger partial charge in [-0.25, -0.2) is 4.39 Å². The summed E-state index contributed by atoms with van der Waals surface area (Å²) in [7, 11) is 0. The Bertz CT molecular complexity index is 410. The molecule has 0 spiro atoms. The van der Waals surface area contributed by atoms with Crippen molar-refractivity contribution in [2.24, 2.45) is 5.92 Å². The van der Waals surface area contributed by atoms with Gasteiger partial charge in [0.15, 0.2) is 0 Å². The van der Waals surface area contributed by atoms with Gasteiger partial charge in [0.1, 0.15) is 12.1 Å². The monoisotopic (exact) mass is 299 g/mol. The summed E-state index contributed by atoms with van der Waals surface area (Å²) >= 11 is 3.27. The third kappa shape index (κ3) is 3.13. The Balaban J connectivity index is 2.05. The smallest absolute Gasteiger partial charge is 0.137 e. The number of halogens is 2. The number of hydrogen-bond acceptors (Lipinski definition) is 2. The maximum Gasteiger partial charge on any atom is 0.137 e. The fraction of sp³-hybridized carbons (Fsp3) is 0.462. The maximum absolute atomic E-state index is 13.4. The van der Waals surface area contributed by atoms with Crippen LogP contribution in [0.1, 0.15) is 18.4 Å². The van der Waals surface area contributed by atoms with Crippen molar-refractivity contribution in [2.75, 3.05) is 13.1 Å². The fourth-order valence-corrected chi connectivity index (χ4v) is 2.65. The van der Waals surface area contributed by atoms with Crippen LogP contribution in [-0.2, 0) is 11.3 Å². The maximum atomic E-state index is 13.4. The van der Waals surface area contributed by atoms with Gasteiger partial charge in [-0.1, -0.05) is 12.1 Å². The lowest BCUT2D eigenvalue weighted by atomic mass is 9.99. The van der Waals surface area contributed by atoms with Gasteiger partial charge >= 0.3 is 0 Å². The van der Waals surface area contributed by atoms with Gasteiger partial charge < -0.3 is 4.79 Å². The van der Waals surface area contributed by atoms with E-state index in [9.17, 15) is 9.18 Å². The highest BCUT2D eigenvalue weighted by Gasteiger charge is 2.20. The van der Waals surface area contributed by atoms with Gasteiger partial charge in [-0.15, -0.1) is 0 Å². The van der Waals surface area contributed by atoms with Crippen molar-refractivity contribution in [3.63, 3.8) is 0 Å². The van der Waals surface area contributed by atoms with E-state index in [1.165, 1.54) is 6.07 Å². The second-order valence-corrected chi connectivity index (χ2v) is 5.28. The van der Waals surface area contributed by atoms with Gasteiger partial charge in [-0.2, -0.15) is 0 Å². The van der Waals surface area contributed by atoms with Crippen LogP contribution < -0.4 is 0 Å². The Kier molecular flexibility index (Phi) is 4.29. The number of likely N-dealkylation sites (tertiary alicyclic amines) is 1. The Morgan fingerprint density at radius 1 is 1.53 bits per heavy atom. The summed E-state index contributed by atoms with van der Waals surface area (Å²) in [5, 5.41) is 0. The van der Waals surface area contributed by atoms with Gasteiger partial charge in [0.05, 0.1) is 4.47 Å². The molecule has 0 aliphatic carbocycles. The van der Waals surface area contributed by atoms with Gasteiger partial charge in [0.2, 0.25) is 0 Å². The lowest BCUT2D eigenvalue weighted by Crippen LogP contribution is -2.35. The predicted molar refractivity (Wildman–Crippen MR) is 68.2 cm³/mol. The van der Waals surface area contributed by atoms with Crippen LogP contribution in [0.25, 0.3) is 0 Å². The molecule has 1 aromatic carbocycles. The molecule has 1 aliphatic heterocycles. The van der Waals surface area contributed by atoms with E-state index in [0.717, 1.165) is 37.8 Å². The second-order valence-electron chi connectivity index (χ2n) is 4.49. The average Bonchev–Trinajstić information content (AvgIpc) is 2.35. The molecule has 0 aromatic heterocycles. The standard InChI is InChI=1S/C13H15BrFNO/c14-13-11(4-1-5-12(13)15)8-16-6-2-3-10(7-16)9-17/h1,4-5,9-10H,2-3,6-8H2. The molecule has 1 aromatic rings. The van der Waals surface area contributed by atoms with E-state index in [1.54, 1.807) is 6.07 Å². The molecule has 1 saturated heterocycles. The third-order valence-corrected chi connectivity index (χ3v) is 4.05. The third-order valence-electron chi connectivity index (χ3n) is 3.16. The molecule has 1 fully saturated rings. The molecular weight excluding hydrogens is 285 g/mol. The molecule has 0 saturated carbocycles. The highest BCUT2D eigenvalue weighted by Crippen LogP contribution is 2.24. The minimum atomic E-state index is -0.230. The number of rotatable bonds is 3. The number of carbonyl (C=O) groups excluding carboxylic acids is 1. The van der Waals surface area contributed by atoms with E-state index in [0.29, 0.717) is 11.0 Å². The molecule has 1 atom stereocenters. The number of benzene rings is 1.